The Hall–Kier alpha value is -1.44. The Labute approximate surface area is 161 Å². The van der Waals surface area contributed by atoms with E-state index in [0.29, 0.717) is 37.8 Å². The van der Waals surface area contributed by atoms with Crippen LogP contribution in [0.25, 0.3) is 0 Å². The molecule has 1 saturated carbocycles. The van der Waals surface area contributed by atoms with E-state index in [0.717, 1.165) is 25.4 Å². The van der Waals surface area contributed by atoms with E-state index < -0.39 is 10.0 Å². The van der Waals surface area contributed by atoms with E-state index in [4.69, 9.17) is 4.74 Å². The number of hydrogen-bond acceptors (Lipinski definition) is 4. The highest BCUT2D eigenvalue weighted by Gasteiger charge is 2.34. The molecule has 1 amide bonds. The maximum atomic E-state index is 13.0. The first-order valence-corrected chi connectivity index (χ1v) is 11.5. The average Bonchev–Trinajstić information content (AvgIpc) is 2.73. The van der Waals surface area contributed by atoms with E-state index in [1.807, 2.05) is 4.90 Å². The number of likely N-dealkylation sites (tertiary alicyclic amines) is 1. The summed E-state index contributed by atoms with van der Waals surface area (Å²) in [6, 6.07) is 6.52. The highest BCUT2D eigenvalue weighted by molar-refractivity contribution is 7.89. The van der Waals surface area contributed by atoms with Gasteiger partial charge in [0.1, 0.15) is 0 Å². The number of piperidine rings is 1. The monoisotopic (exact) mass is 392 g/mol. The molecule has 0 aromatic heterocycles. The van der Waals surface area contributed by atoms with Gasteiger partial charge in [-0.1, -0.05) is 25.3 Å². The van der Waals surface area contributed by atoms with Crippen molar-refractivity contribution in [1.82, 2.24) is 9.21 Å². The van der Waals surface area contributed by atoms with Crippen molar-refractivity contribution in [3.8, 4) is 0 Å². The molecule has 0 bridgehead atoms. The van der Waals surface area contributed by atoms with Gasteiger partial charge in [0.05, 0.1) is 18.1 Å². The zero-order chi connectivity index (χ0) is 18.9. The van der Waals surface area contributed by atoms with Crippen LogP contribution in [-0.2, 0) is 14.8 Å². The molecule has 3 fully saturated rings. The van der Waals surface area contributed by atoms with Crippen LogP contribution in [0.2, 0.25) is 0 Å². The second kappa shape index (κ2) is 7.89. The highest BCUT2D eigenvalue weighted by atomic mass is 32.2. The maximum Gasteiger partial charge on any atom is 0.253 e. The molecule has 2 saturated heterocycles. The first kappa shape index (κ1) is 18.9. The van der Waals surface area contributed by atoms with E-state index in [-0.39, 0.29) is 10.8 Å². The molecular formula is C20H28N2O4S. The Kier molecular flexibility index (Phi) is 5.53. The molecule has 1 aromatic carbocycles. The highest BCUT2D eigenvalue weighted by Crippen LogP contribution is 2.36. The molecule has 0 radical (unpaired) electrons. The predicted molar refractivity (Wildman–Crippen MR) is 102 cm³/mol. The number of ether oxygens (including phenoxy) is 1. The minimum Gasteiger partial charge on any atom is -0.379 e. The van der Waals surface area contributed by atoms with Gasteiger partial charge in [0, 0.05) is 31.7 Å². The van der Waals surface area contributed by atoms with Crippen LogP contribution in [0.4, 0.5) is 0 Å². The Morgan fingerprint density at radius 3 is 2.52 bits per heavy atom. The molecule has 0 spiro atoms. The summed E-state index contributed by atoms with van der Waals surface area (Å²) < 4.78 is 32.4. The fourth-order valence-corrected chi connectivity index (χ4v) is 6.15. The van der Waals surface area contributed by atoms with E-state index >= 15 is 0 Å². The first-order valence-electron chi connectivity index (χ1n) is 10.0. The SMILES string of the molecule is O=C(c1cccc(S(=O)(=O)N2CCOCC2)c1)N1CC[C@@H]2CCCC[C@H]2C1. The molecule has 6 nitrogen and oxygen atoms in total. The van der Waals surface area contributed by atoms with Crippen molar-refractivity contribution in [2.75, 3.05) is 39.4 Å². The molecule has 0 unspecified atom stereocenters. The van der Waals surface area contributed by atoms with Crippen LogP contribution in [0, 0.1) is 11.8 Å². The number of hydrogen-bond donors (Lipinski definition) is 0. The molecule has 0 N–H and O–H groups in total. The van der Waals surface area contributed by atoms with Crippen molar-refractivity contribution in [1.29, 1.82) is 0 Å². The first-order chi connectivity index (χ1) is 13.1. The average molecular weight is 393 g/mol. The Morgan fingerprint density at radius 2 is 1.74 bits per heavy atom. The van der Waals surface area contributed by atoms with Crippen molar-refractivity contribution in [3.05, 3.63) is 29.8 Å². The third-order valence-electron chi connectivity index (χ3n) is 6.27. The molecule has 3 aliphatic rings. The largest absolute Gasteiger partial charge is 0.379 e. The summed E-state index contributed by atoms with van der Waals surface area (Å²) in [5, 5.41) is 0. The summed E-state index contributed by atoms with van der Waals surface area (Å²) in [6.45, 7) is 3.12. The van der Waals surface area contributed by atoms with Gasteiger partial charge in [0.25, 0.3) is 5.91 Å². The second-order valence-corrected chi connectivity index (χ2v) is 9.83. The Morgan fingerprint density at radius 1 is 1.00 bits per heavy atom. The molecule has 4 rings (SSSR count). The second-order valence-electron chi connectivity index (χ2n) is 7.89. The molecule has 2 atom stereocenters. The van der Waals surface area contributed by atoms with Gasteiger partial charge in [0.15, 0.2) is 0 Å². The Balaban J connectivity index is 1.51. The van der Waals surface area contributed by atoms with E-state index in [1.165, 1.54) is 30.0 Å². The summed E-state index contributed by atoms with van der Waals surface area (Å²) >= 11 is 0. The van der Waals surface area contributed by atoms with E-state index in [1.54, 1.807) is 24.3 Å². The topological polar surface area (TPSA) is 66.9 Å². The lowest BCUT2D eigenvalue weighted by molar-refractivity contribution is 0.0520. The molecule has 1 aliphatic carbocycles. The van der Waals surface area contributed by atoms with Crippen molar-refractivity contribution in [3.63, 3.8) is 0 Å². The van der Waals surface area contributed by atoms with Crippen molar-refractivity contribution in [2.45, 2.75) is 37.0 Å². The van der Waals surface area contributed by atoms with Crippen LogP contribution < -0.4 is 0 Å². The fraction of sp³-hybridized carbons (Fsp3) is 0.650. The number of fused-ring (bicyclic) bond motifs is 1. The lowest BCUT2D eigenvalue weighted by atomic mass is 9.75. The number of amides is 1. The number of morpholine rings is 1. The fourth-order valence-electron chi connectivity index (χ4n) is 4.69. The number of carbonyl (C=O) groups excluding carboxylic acids is 1. The number of rotatable bonds is 3. The zero-order valence-electron chi connectivity index (χ0n) is 15.7. The lowest BCUT2D eigenvalue weighted by Gasteiger charge is -2.41. The van der Waals surface area contributed by atoms with Gasteiger partial charge < -0.3 is 9.64 Å². The van der Waals surface area contributed by atoms with Gasteiger partial charge >= 0.3 is 0 Å². The summed E-state index contributed by atoms with van der Waals surface area (Å²) in [5.41, 5.74) is 0.471. The van der Waals surface area contributed by atoms with Gasteiger partial charge in [-0.25, -0.2) is 8.42 Å². The normalized spacial score (nSPS) is 27.2. The van der Waals surface area contributed by atoms with Crippen molar-refractivity contribution in [2.24, 2.45) is 11.8 Å². The third-order valence-corrected chi connectivity index (χ3v) is 8.16. The van der Waals surface area contributed by atoms with Crippen LogP contribution in [-0.4, -0.2) is 62.9 Å². The summed E-state index contributed by atoms with van der Waals surface area (Å²) in [5.74, 6) is 1.32. The quantitative estimate of drug-likeness (QED) is 0.792. The van der Waals surface area contributed by atoms with Crippen molar-refractivity contribution < 1.29 is 17.9 Å². The van der Waals surface area contributed by atoms with Crippen LogP contribution >= 0.6 is 0 Å². The third kappa shape index (κ3) is 3.91. The molecule has 148 valence electrons. The molecule has 2 heterocycles. The van der Waals surface area contributed by atoms with Gasteiger partial charge in [-0.15, -0.1) is 0 Å². The summed E-state index contributed by atoms with van der Waals surface area (Å²) in [4.78, 5) is 15.1. The van der Waals surface area contributed by atoms with Crippen molar-refractivity contribution >= 4 is 15.9 Å². The standard InChI is InChI=1S/C20H28N2O4S/c23-20(21-9-8-16-4-1-2-5-18(16)15-21)17-6-3-7-19(14-17)27(24,25)22-10-12-26-13-11-22/h3,6-7,14,16,18H,1-2,4-5,8-13,15H2/t16-,18-/m0/s1. The minimum atomic E-state index is -3.59. The lowest BCUT2D eigenvalue weighted by Crippen LogP contribution is -2.44. The smallest absolute Gasteiger partial charge is 0.253 e. The van der Waals surface area contributed by atoms with Gasteiger partial charge in [-0.2, -0.15) is 4.31 Å². The number of sulfonamides is 1. The predicted octanol–water partition coefficient (Wildman–Crippen LogP) is 2.36. The maximum absolute atomic E-state index is 13.0. The van der Waals surface area contributed by atoms with E-state index in [2.05, 4.69) is 0 Å². The summed E-state index contributed by atoms with van der Waals surface area (Å²) in [6.07, 6.45) is 6.15. The molecule has 27 heavy (non-hydrogen) atoms. The van der Waals surface area contributed by atoms with Gasteiger partial charge in [-0.05, 0) is 42.9 Å². The molecular weight excluding hydrogens is 364 g/mol. The van der Waals surface area contributed by atoms with Crippen LogP contribution in [0.1, 0.15) is 42.5 Å². The number of nitrogens with zero attached hydrogens (tertiary/aromatic N) is 2. The van der Waals surface area contributed by atoms with E-state index in [9.17, 15) is 13.2 Å². The van der Waals surface area contributed by atoms with Crippen LogP contribution in [0.15, 0.2) is 29.2 Å². The molecule has 2 aliphatic heterocycles. The summed E-state index contributed by atoms with van der Waals surface area (Å²) in [7, 11) is -3.59. The molecule has 7 heteroatoms. The minimum absolute atomic E-state index is 0.0435. The number of benzene rings is 1. The Bertz CT molecular complexity index is 789. The number of carbonyl (C=O) groups is 1. The van der Waals surface area contributed by atoms with Gasteiger partial charge in [0.2, 0.25) is 10.0 Å². The van der Waals surface area contributed by atoms with Crippen LogP contribution in [0.3, 0.4) is 0 Å². The zero-order valence-corrected chi connectivity index (χ0v) is 16.5. The van der Waals surface area contributed by atoms with Gasteiger partial charge in [-0.3, -0.25) is 4.79 Å². The molecule has 1 aromatic rings. The van der Waals surface area contributed by atoms with Crippen LogP contribution in [0.5, 0.6) is 0 Å².